The summed E-state index contributed by atoms with van der Waals surface area (Å²) in [7, 11) is 3.76. The van der Waals surface area contributed by atoms with E-state index in [1.165, 1.54) is 0 Å². The first-order valence-corrected chi connectivity index (χ1v) is 8.99. The molecule has 1 aliphatic rings. The normalized spacial score (nSPS) is 17.1. The van der Waals surface area contributed by atoms with Crippen LogP contribution in [0.5, 0.6) is 0 Å². The van der Waals surface area contributed by atoms with E-state index in [4.69, 9.17) is 11.6 Å². The van der Waals surface area contributed by atoms with Crippen LogP contribution in [0.25, 0.3) is 0 Å². The van der Waals surface area contributed by atoms with Crippen molar-refractivity contribution < 1.29 is 4.79 Å². The standard InChI is InChI=1S/C18H23ClN6O/c1-11(2)15-21-17(23-18(22-15)24(3)4)20-14-8-9-25(16(14)26)13-7-5-6-12(19)10-13/h5-7,10-11,14H,8-9H2,1-4H3,(H,20,21,22,23). The number of nitrogens with one attached hydrogen (secondary N) is 1. The molecule has 1 aromatic carbocycles. The van der Waals surface area contributed by atoms with Gasteiger partial charge in [0.05, 0.1) is 0 Å². The summed E-state index contributed by atoms with van der Waals surface area (Å²) < 4.78 is 0. The van der Waals surface area contributed by atoms with Crippen LogP contribution in [0.15, 0.2) is 24.3 Å². The van der Waals surface area contributed by atoms with Crippen LogP contribution in [0.3, 0.4) is 0 Å². The SMILES string of the molecule is CC(C)c1nc(NC2CCN(c3cccc(Cl)c3)C2=O)nc(N(C)C)n1. The average Bonchev–Trinajstić information content (AvgIpc) is 2.95. The Morgan fingerprint density at radius 3 is 2.69 bits per heavy atom. The van der Waals surface area contributed by atoms with E-state index in [0.717, 1.165) is 5.69 Å². The fourth-order valence-corrected chi connectivity index (χ4v) is 2.96. The lowest BCUT2D eigenvalue weighted by Gasteiger charge is -2.18. The average molecular weight is 375 g/mol. The number of hydrogen-bond acceptors (Lipinski definition) is 6. The predicted octanol–water partition coefficient (Wildman–Crippen LogP) is 2.93. The first kappa shape index (κ1) is 18.4. The van der Waals surface area contributed by atoms with Gasteiger partial charge in [0.15, 0.2) is 0 Å². The number of benzene rings is 1. The molecule has 1 aromatic heterocycles. The van der Waals surface area contributed by atoms with Crippen LogP contribution in [0, 0.1) is 0 Å². The lowest BCUT2D eigenvalue weighted by molar-refractivity contribution is -0.117. The Bertz CT molecular complexity index is 784. The lowest BCUT2D eigenvalue weighted by atomic mass is 10.2. The van der Waals surface area contributed by atoms with Crippen LogP contribution in [-0.2, 0) is 4.79 Å². The van der Waals surface area contributed by atoms with Gasteiger partial charge >= 0.3 is 0 Å². The van der Waals surface area contributed by atoms with Gasteiger partial charge < -0.3 is 15.1 Å². The maximum Gasteiger partial charge on any atom is 0.249 e. The molecule has 8 heteroatoms. The number of rotatable bonds is 5. The zero-order valence-electron chi connectivity index (χ0n) is 15.4. The van der Waals surface area contributed by atoms with E-state index in [9.17, 15) is 4.79 Å². The predicted molar refractivity (Wildman–Crippen MR) is 104 cm³/mol. The van der Waals surface area contributed by atoms with Crippen molar-refractivity contribution in [1.29, 1.82) is 0 Å². The molecular formula is C18H23ClN6O. The number of hydrogen-bond donors (Lipinski definition) is 1. The molecule has 0 aliphatic carbocycles. The van der Waals surface area contributed by atoms with Crippen LogP contribution in [-0.4, -0.2) is 47.5 Å². The molecule has 0 spiro atoms. The smallest absolute Gasteiger partial charge is 0.249 e. The van der Waals surface area contributed by atoms with Crippen molar-refractivity contribution in [2.75, 3.05) is 35.8 Å². The van der Waals surface area contributed by atoms with E-state index in [0.29, 0.717) is 35.7 Å². The summed E-state index contributed by atoms with van der Waals surface area (Å²) >= 11 is 6.05. The minimum Gasteiger partial charge on any atom is -0.347 e. The van der Waals surface area contributed by atoms with Crippen LogP contribution < -0.4 is 15.1 Å². The van der Waals surface area contributed by atoms with E-state index in [-0.39, 0.29) is 17.9 Å². The molecule has 1 amide bonds. The Labute approximate surface area is 158 Å². The van der Waals surface area contributed by atoms with Gasteiger partial charge in [-0.1, -0.05) is 31.5 Å². The Kier molecular flexibility index (Phi) is 5.27. The topological polar surface area (TPSA) is 74.2 Å². The van der Waals surface area contributed by atoms with Crippen molar-refractivity contribution in [2.24, 2.45) is 0 Å². The summed E-state index contributed by atoms with van der Waals surface area (Å²) in [5.41, 5.74) is 0.805. The van der Waals surface area contributed by atoms with Gasteiger partial charge in [-0.15, -0.1) is 0 Å². The summed E-state index contributed by atoms with van der Waals surface area (Å²) in [4.78, 5) is 29.7. The number of carbonyl (C=O) groups is 1. The molecule has 1 atom stereocenters. The molecule has 1 unspecified atom stereocenters. The third kappa shape index (κ3) is 3.88. The van der Waals surface area contributed by atoms with Crippen molar-refractivity contribution in [3.63, 3.8) is 0 Å². The minimum atomic E-state index is -0.369. The van der Waals surface area contributed by atoms with E-state index >= 15 is 0 Å². The number of aromatic nitrogens is 3. The van der Waals surface area contributed by atoms with E-state index in [1.807, 2.05) is 45.0 Å². The molecule has 0 saturated carbocycles. The van der Waals surface area contributed by atoms with Gasteiger partial charge in [-0.25, -0.2) is 0 Å². The van der Waals surface area contributed by atoms with Gasteiger partial charge in [-0.3, -0.25) is 4.79 Å². The molecular weight excluding hydrogens is 352 g/mol. The number of halogens is 1. The molecule has 1 fully saturated rings. The van der Waals surface area contributed by atoms with Crippen molar-refractivity contribution in [2.45, 2.75) is 32.2 Å². The molecule has 0 radical (unpaired) electrons. The summed E-state index contributed by atoms with van der Waals surface area (Å²) in [6.07, 6.45) is 0.672. The molecule has 3 rings (SSSR count). The molecule has 0 bridgehead atoms. The van der Waals surface area contributed by atoms with Crippen LogP contribution in [0.4, 0.5) is 17.6 Å². The zero-order chi connectivity index (χ0) is 18.8. The summed E-state index contributed by atoms with van der Waals surface area (Å²) in [5.74, 6) is 1.86. The van der Waals surface area contributed by atoms with E-state index in [1.54, 1.807) is 17.0 Å². The second-order valence-electron chi connectivity index (χ2n) is 6.82. The summed E-state index contributed by atoms with van der Waals surface area (Å²) in [6.45, 7) is 4.68. The molecule has 1 aliphatic heterocycles. The molecule has 7 nitrogen and oxygen atoms in total. The van der Waals surface area contributed by atoms with Crippen molar-refractivity contribution in [3.05, 3.63) is 35.1 Å². The maximum absolute atomic E-state index is 12.8. The largest absolute Gasteiger partial charge is 0.347 e. The first-order valence-electron chi connectivity index (χ1n) is 8.62. The molecule has 1 saturated heterocycles. The molecule has 2 aromatic rings. The third-order valence-corrected chi connectivity index (χ3v) is 4.42. The van der Waals surface area contributed by atoms with Gasteiger partial charge in [0, 0.05) is 37.3 Å². The van der Waals surface area contributed by atoms with E-state index < -0.39 is 0 Å². The van der Waals surface area contributed by atoms with Crippen LogP contribution >= 0.6 is 11.6 Å². The summed E-state index contributed by atoms with van der Waals surface area (Å²) in [5, 5.41) is 3.79. The fourth-order valence-electron chi connectivity index (χ4n) is 2.77. The Hall–Kier alpha value is -2.41. The number of amides is 1. The zero-order valence-corrected chi connectivity index (χ0v) is 16.2. The van der Waals surface area contributed by atoms with Gasteiger partial charge in [0.25, 0.3) is 0 Å². The lowest BCUT2D eigenvalue weighted by Crippen LogP contribution is -2.34. The first-order chi connectivity index (χ1) is 12.3. The Balaban J connectivity index is 1.80. The molecule has 2 heterocycles. The van der Waals surface area contributed by atoms with Crippen LogP contribution in [0.1, 0.15) is 32.0 Å². The number of carbonyl (C=O) groups excluding carboxylic acids is 1. The van der Waals surface area contributed by atoms with Crippen molar-refractivity contribution in [3.8, 4) is 0 Å². The minimum absolute atomic E-state index is 0.00909. The highest BCUT2D eigenvalue weighted by molar-refractivity contribution is 6.31. The third-order valence-electron chi connectivity index (χ3n) is 4.19. The number of nitrogens with zero attached hydrogens (tertiary/aromatic N) is 5. The highest BCUT2D eigenvalue weighted by Gasteiger charge is 2.33. The van der Waals surface area contributed by atoms with E-state index in [2.05, 4.69) is 20.3 Å². The quantitative estimate of drug-likeness (QED) is 0.867. The fraction of sp³-hybridized carbons (Fsp3) is 0.444. The molecule has 26 heavy (non-hydrogen) atoms. The second-order valence-corrected chi connectivity index (χ2v) is 7.26. The van der Waals surface area contributed by atoms with Gasteiger partial charge in [0.2, 0.25) is 17.8 Å². The Morgan fingerprint density at radius 1 is 1.27 bits per heavy atom. The van der Waals surface area contributed by atoms with Crippen molar-refractivity contribution in [1.82, 2.24) is 15.0 Å². The summed E-state index contributed by atoms with van der Waals surface area (Å²) in [6, 6.07) is 6.95. The van der Waals surface area contributed by atoms with Gasteiger partial charge in [-0.05, 0) is 24.6 Å². The highest BCUT2D eigenvalue weighted by atomic mass is 35.5. The molecule has 1 N–H and O–H groups in total. The van der Waals surface area contributed by atoms with Gasteiger partial charge in [0.1, 0.15) is 11.9 Å². The highest BCUT2D eigenvalue weighted by Crippen LogP contribution is 2.26. The monoisotopic (exact) mass is 374 g/mol. The van der Waals surface area contributed by atoms with Crippen molar-refractivity contribution >= 4 is 35.1 Å². The second kappa shape index (κ2) is 7.45. The number of anilines is 3. The van der Waals surface area contributed by atoms with Crippen LogP contribution in [0.2, 0.25) is 5.02 Å². The molecule has 138 valence electrons. The van der Waals surface area contributed by atoms with Gasteiger partial charge in [-0.2, -0.15) is 15.0 Å². The maximum atomic E-state index is 12.8. The Morgan fingerprint density at radius 2 is 2.04 bits per heavy atom.